The maximum absolute atomic E-state index is 6.17. The van der Waals surface area contributed by atoms with E-state index in [1.54, 1.807) is 48.8 Å². The Balaban J connectivity index is 1.40. The van der Waals surface area contributed by atoms with Crippen molar-refractivity contribution in [3.63, 3.8) is 0 Å². The number of hydrogen-bond acceptors (Lipinski definition) is 3. The van der Waals surface area contributed by atoms with Gasteiger partial charge in [0.2, 0.25) is 0 Å². The summed E-state index contributed by atoms with van der Waals surface area (Å²) in [5.41, 5.74) is 2.86. The van der Waals surface area contributed by atoms with Crippen LogP contribution < -0.4 is 4.74 Å². The molecule has 0 saturated carbocycles. The van der Waals surface area contributed by atoms with Crippen LogP contribution in [0, 0.1) is 0 Å². The third-order valence-corrected chi connectivity index (χ3v) is 5.91. The molecule has 0 amide bonds. The number of hydrogen-bond donors (Lipinski definition) is 0. The zero-order chi connectivity index (χ0) is 23.2. The zero-order valence-electron chi connectivity index (χ0n) is 17.1. The molecule has 0 aliphatic heterocycles. The molecule has 0 aromatic heterocycles. The van der Waals surface area contributed by atoms with Gasteiger partial charge < -0.3 is 4.74 Å². The van der Waals surface area contributed by atoms with E-state index in [1.165, 1.54) is 0 Å². The van der Waals surface area contributed by atoms with Crippen molar-refractivity contribution in [1.29, 1.82) is 0 Å². The second kappa shape index (κ2) is 10.9. The van der Waals surface area contributed by atoms with Gasteiger partial charge in [-0.2, -0.15) is 0 Å². The van der Waals surface area contributed by atoms with E-state index >= 15 is 0 Å². The third kappa shape index (κ3) is 6.16. The lowest BCUT2D eigenvalue weighted by Crippen LogP contribution is -1.85. The van der Waals surface area contributed by atoms with Crippen LogP contribution in [0.5, 0.6) is 11.5 Å². The van der Waals surface area contributed by atoms with Crippen LogP contribution >= 0.6 is 46.4 Å². The van der Waals surface area contributed by atoms with Gasteiger partial charge in [0.25, 0.3) is 0 Å². The number of rotatable bonds is 6. The van der Waals surface area contributed by atoms with Gasteiger partial charge in [-0.3, -0.25) is 9.98 Å². The van der Waals surface area contributed by atoms with Gasteiger partial charge in [0.15, 0.2) is 0 Å². The fourth-order valence-electron chi connectivity index (χ4n) is 2.88. The highest BCUT2D eigenvalue weighted by Gasteiger charge is 2.04. The van der Waals surface area contributed by atoms with E-state index in [-0.39, 0.29) is 0 Å². The highest BCUT2D eigenvalue weighted by Crippen LogP contribution is 2.28. The largest absolute Gasteiger partial charge is 0.457 e. The second-order valence-electron chi connectivity index (χ2n) is 6.88. The Morgan fingerprint density at radius 1 is 0.485 bits per heavy atom. The molecule has 4 aromatic rings. The van der Waals surface area contributed by atoms with Crippen molar-refractivity contribution < 1.29 is 4.74 Å². The lowest BCUT2D eigenvalue weighted by molar-refractivity contribution is 0.483. The SMILES string of the molecule is Clc1cccc(Cl)c1C=Nc1ccc(Oc2ccc(N=Cc3c(Cl)cccc3Cl)cc2)cc1. The van der Waals surface area contributed by atoms with Crippen molar-refractivity contribution >= 4 is 70.2 Å². The van der Waals surface area contributed by atoms with Crippen molar-refractivity contribution in [3.8, 4) is 11.5 Å². The molecule has 0 atom stereocenters. The topological polar surface area (TPSA) is 34.0 Å². The van der Waals surface area contributed by atoms with Crippen LogP contribution in [-0.2, 0) is 0 Å². The standard InChI is InChI=1S/C26H16Cl4N2O/c27-23-3-1-4-24(28)21(23)15-31-17-7-11-19(12-8-17)33-20-13-9-18(10-14-20)32-16-22-25(29)5-2-6-26(22)30/h1-16H. The summed E-state index contributed by atoms with van der Waals surface area (Å²) in [6, 6.07) is 25.4. The molecule has 0 bridgehead atoms. The fourth-order valence-corrected chi connectivity index (χ4v) is 3.87. The third-order valence-electron chi connectivity index (χ3n) is 4.59. The molecule has 3 nitrogen and oxygen atoms in total. The van der Waals surface area contributed by atoms with E-state index in [0.29, 0.717) is 42.7 Å². The summed E-state index contributed by atoms with van der Waals surface area (Å²) in [5.74, 6) is 1.37. The van der Waals surface area contributed by atoms with Crippen molar-refractivity contribution in [2.75, 3.05) is 0 Å². The smallest absolute Gasteiger partial charge is 0.127 e. The summed E-state index contributed by atoms with van der Waals surface area (Å²) >= 11 is 24.7. The van der Waals surface area contributed by atoms with Crippen LogP contribution in [0.25, 0.3) is 0 Å². The number of nitrogens with zero attached hydrogens (tertiary/aromatic N) is 2. The Hall–Kier alpha value is -2.82. The van der Waals surface area contributed by atoms with E-state index in [2.05, 4.69) is 9.98 Å². The quantitative estimate of drug-likeness (QED) is 0.236. The molecule has 4 rings (SSSR count). The predicted molar refractivity (Wildman–Crippen MR) is 140 cm³/mol. The molecule has 4 aromatic carbocycles. The Bertz CT molecular complexity index is 1170. The molecule has 0 radical (unpaired) electrons. The highest BCUT2D eigenvalue weighted by atomic mass is 35.5. The van der Waals surface area contributed by atoms with Crippen molar-refractivity contribution in [2.24, 2.45) is 9.98 Å². The van der Waals surface area contributed by atoms with Crippen LogP contribution in [0.4, 0.5) is 11.4 Å². The zero-order valence-corrected chi connectivity index (χ0v) is 20.1. The molecule has 7 heteroatoms. The average molecular weight is 514 g/mol. The minimum atomic E-state index is 0.550. The van der Waals surface area contributed by atoms with Crippen LogP contribution in [0.2, 0.25) is 20.1 Å². The van der Waals surface area contributed by atoms with E-state index in [9.17, 15) is 0 Å². The predicted octanol–water partition coefficient (Wildman–Crippen LogP) is 9.59. The first kappa shape index (κ1) is 23.3. The van der Waals surface area contributed by atoms with Gasteiger partial charge in [-0.1, -0.05) is 58.5 Å². The maximum Gasteiger partial charge on any atom is 0.127 e. The number of benzene rings is 4. The van der Waals surface area contributed by atoms with Gasteiger partial charge in [0, 0.05) is 23.6 Å². The lowest BCUT2D eigenvalue weighted by Gasteiger charge is -2.06. The van der Waals surface area contributed by atoms with Crippen LogP contribution in [-0.4, -0.2) is 12.4 Å². The number of halogens is 4. The Morgan fingerprint density at radius 3 is 1.15 bits per heavy atom. The van der Waals surface area contributed by atoms with E-state index < -0.39 is 0 Å². The molecule has 0 N–H and O–H groups in total. The van der Waals surface area contributed by atoms with Crippen LogP contribution in [0.1, 0.15) is 11.1 Å². The van der Waals surface area contributed by atoms with Crippen molar-refractivity contribution in [3.05, 3.63) is 116 Å². The molecule has 164 valence electrons. The number of ether oxygens (including phenoxy) is 1. The normalized spacial score (nSPS) is 11.4. The summed E-state index contributed by atoms with van der Waals surface area (Å²) in [6.07, 6.45) is 3.30. The summed E-state index contributed by atoms with van der Waals surface area (Å²) in [7, 11) is 0. The van der Waals surface area contributed by atoms with Gasteiger partial charge >= 0.3 is 0 Å². The van der Waals surface area contributed by atoms with Crippen molar-refractivity contribution in [1.82, 2.24) is 0 Å². The van der Waals surface area contributed by atoms with Gasteiger partial charge in [-0.15, -0.1) is 0 Å². The van der Waals surface area contributed by atoms with E-state index in [1.807, 2.05) is 48.5 Å². The fraction of sp³-hybridized carbons (Fsp3) is 0. The van der Waals surface area contributed by atoms with Gasteiger partial charge in [-0.25, -0.2) is 0 Å². The summed E-state index contributed by atoms with van der Waals surface area (Å²) in [5, 5.41) is 2.20. The summed E-state index contributed by atoms with van der Waals surface area (Å²) in [6.45, 7) is 0. The molecule has 0 heterocycles. The molecule has 0 saturated heterocycles. The number of aliphatic imine (C=N–C) groups is 2. The first-order chi connectivity index (χ1) is 16.0. The first-order valence-electron chi connectivity index (χ1n) is 9.84. The molecule has 0 fully saturated rings. The maximum atomic E-state index is 6.17. The van der Waals surface area contributed by atoms with E-state index in [0.717, 1.165) is 11.4 Å². The average Bonchev–Trinajstić information content (AvgIpc) is 2.80. The second-order valence-corrected chi connectivity index (χ2v) is 8.51. The minimum Gasteiger partial charge on any atom is -0.457 e. The Kier molecular flexibility index (Phi) is 7.69. The molecule has 0 aliphatic carbocycles. The monoisotopic (exact) mass is 512 g/mol. The van der Waals surface area contributed by atoms with Gasteiger partial charge in [0.05, 0.1) is 31.5 Å². The molecule has 0 unspecified atom stereocenters. The van der Waals surface area contributed by atoms with Crippen LogP contribution in [0.3, 0.4) is 0 Å². The molecule has 0 aliphatic rings. The molecular formula is C26H16Cl4N2O. The van der Waals surface area contributed by atoms with Gasteiger partial charge in [0.1, 0.15) is 11.5 Å². The highest BCUT2D eigenvalue weighted by molar-refractivity contribution is 6.39. The first-order valence-corrected chi connectivity index (χ1v) is 11.3. The van der Waals surface area contributed by atoms with E-state index in [4.69, 9.17) is 51.1 Å². The Morgan fingerprint density at radius 2 is 0.818 bits per heavy atom. The molecule has 33 heavy (non-hydrogen) atoms. The molecular weight excluding hydrogens is 498 g/mol. The van der Waals surface area contributed by atoms with Crippen LogP contribution in [0.15, 0.2) is 94.9 Å². The summed E-state index contributed by atoms with van der Waals surface area (Å²) < 4.78 is 5.90. The summed E-state index contributed by atoms with van der Waals surface area (Å²) in [4.78, 5) is 8.86. The molecule has 0 spiro atoms. The minimum absolute atomic E-state index is 0.550. The van der Waals surface area contributed by atoms with Gasteiger partial charge in [-0.05, 0) is 72.8 Å². The van der Waals surface area contributed by atoms with Crippen molar-refractivity contribution in [2.45, 2.75) is 0 Å². The lowest BCUT2D eigenvalue weighted by atomic mass is 10.2. The Labute approximate surface area is 211 Å².